The molecule has 1 fully saturated rings. The first kappa shape index (κ1) is 19.9. The van der Waals surface area contributed by atoms with E-state index in [4.69, 9.17) is 4.74 Å². The highest BCUT2D eigenvalue weighted by molar-refractivity contribution is 5.95. The monoisotopic (exact) mass is 421 g/mol. The van der Waals surface area contributed by atoms with Gasteiger partial charge in [0, 0.05) is 18.0 Å². The maximum absolute atomic E-state index is 13.3. The second-order valence-corrected chi connectivity index (χ2v) is 6.67. The van der Waals surface area contributed by atoms with Crippen LogP contribution in [-0.4, -0.2) is 46.4 Å². The number of rotatable bonds is 4. The smallest absolute Gasteiger partial charge is 0.439 e. The summed E-state index contributed by atoms with van der Waals surface area (Å²) in [4.78, 5) is 22.0. The lowest BCUT2D eigenvalue weighted by molar-refractivity contribution is -0.274. The minimum atomic E-state index is -4.79. The molecule has 1 amide bonds. The van der Waals surface area contributed by atoms with Crippen LogP contribution in [0.3, 0.4) is 0 Å². The fraction of sp³-hybridized carbons (Fsp3) is 0.250. The van der Waals surface area contributed by atoms with Crippen LogP contribution in [-0.2, 0) is 0 Å². The molecule has 3 aromatic rings. The standard InChI is InChI=1S/C20H15F4N3O3/c21-13-7-8-27(11-13)19(28)17-4-1-12-9-14(2-5-16(12)26-17)29-18-6-3-15(10-25-18)30-20(22,23)24/h1-6,9-10,13H,7-8,11H2/t13-/m1/s1. The van der Waals surface area contributed by atoms with Crippen LogP contribution in [0.15, 0.2) is 48.7 Å². The number of fused-ring (bicyclic) bond motifs is 1. The molecule has 6 nitrogen and oxygen atoms in total. The molecule has 0 unspecified atom stereocenters. The molecule has 1 aliphatic rings. The average molecular weight is 421 g/mol. The van der Waals surface area contributed by atoms with E-state index in [0.717, 1.165) is 12.3 Å². The highest BCUT2D eigenvalue weighted by Crippen LogP contribution is 2.27. The van der Waals surface area contributed by atoms with Crippen molar-refractivity contribution < 1.29 is 31.8 Å². The highest BCUT2D eigenvalue weighted by atomic mass is 19.4. The maximum atomic E-state index is 13.3. The number of hydrogen-bond acceptors (Lipinski definition) is 5. The molecule has 10 heteroatoms. The number of amides is 1. The molecule has 1 atom stereocenters. The fourth-order valence-corrected chi connectivity index (χ4v) is 3.09. The molecule has 0 N–H and O–H groups in total. The molecular formula is C20H15F4N3O3. The zero-order valence-electron chi connectivity index (χ0n) is 15.4. The van der Waals surface area contributed by atoms with Crippen LogP contribution in [0.1, 0.15) is 16.9 Å². The number of benzene rings is 1. The molecule has 0 aliphatic carbocycles. The molecule has 1 saturated heterocycles. The number of likely N-dealkylation sites (tertiary alicyclic amines) is 1. The van der Waals surface area contributed by atoms with Gasteiger partial charge in [0.15, 0.2) is 0 Å². The Balaban J connectivity index is 1.48. The molecule has 1 aliphatic heterocycles. The largest absolute Gasteiger partial charge is 0.573 e. The molecule has 0 radical (unpaired) electrons. The van der Waals surface area contributed by atoms with Crippen molar-refractivity contribution >= 4 is 16.8 Å². The Morgan fingerprint density at radius 2 is 1.90 bits per heavy atom. The van der Waals surface area contributed by atoms with Crippen molar-refractivity contribution in [2.75, 3.05) is 13.1 Å². The van der Waals surface area contributed by atoms with Gasteiger partial charge in [-0.2, -0.15) is 0 Å². The maximum Gasteiger partial charge on any atom is 0.573 e. The Labute approximate surface area is 168 Å². The van der Waals surface area contributed by atoms with Crippen molar-refractivity contribution in [2.45, 2.75) is 19.0 Å². The van der Waals surface area contributed by atoms with Crippen molar-refractivity contribution in [3.8, 4) is 17.4 Å². The van der Waals surface area contributed by atoms with Crippen LogP contribution in [0.5, 0.6) is 17.4 Å². The van der Waals surface area contributed by atoms with Crippen LogP contribution < -0.4 is 9.47 Å². The molecule has 0 spiro atoms. The number of ether oxygens (including phenoxy) is 2. The van der Waals surface area contributed by atoms with Crippen LogP contribution in [0.2, 0.25) is 0 Å². The summed E-state index contributed by atoms with van der Waals surface area (Å²) in [6, 6.07) is 10.5. The molecule has 0 saturated carbocycles. The Kier molecular flexibility index (Phi) is 5.15. The number of aromatic nitrogens is 2. The second-order valence-electron chi connectivity index (χ2n) is 6.67. The van der Waals surface area contributed by atoms with Gasteiger partial charge in [0.1, 0.15) is 23.4 Å². The Morgan fingerprint density at radius 1 is 1.10 bits per heavy atom. The normalized spacial score (nSPS) is 16.7. The molecule has 30 heavy (non-hydrogen) atoms. The first-order valence-corrected chi connectivity index (χ1v) is 9.01. The summed E-state index contributed by atoms with van der Waals surface area (Å²) >= 11 is 0. The van der Waals surface area contributed by atoms with Crippen LogP contribution >= 0.6 is 0 Å². The number of pyridine rings is 2. The number of carbonyl (C=O) groups is 1. The third-order valence-electron chi connectivity index (χ3n) is 4.46. The lowest BCUT2D eigenvalue weighted by Gasteiger charge is -2.14. The molecule has 156 valence electrons. The Morgan fingerprint density at radius 3 is 2.57 bits per heavy atom. The molecule has 2 aromatic heterocycles. The minimum absolute atomic E-state index is 0.0745. The average Bonchev–Trinajstić information content (AvgIpc) is 3.14. The SMILES string of the molecule is O=C(c1ccc2cc(Oc3ccc(OC(F)(F)F)cn3)ccc2n1)N1CC[C@@H](F)C1. The van der Waals surface area contributed by atoms with E-state index < -0.39 is 18.3 Å². The van der Waals surface area contributed by atoms with E-state index in [-0.39, 0.29) is 24.0 Å². The molecular weight excluding hydrogens is 406 g/mol. The second kappa shape index (κ2) is 7.77. The predicted octanol–water partition coefficient (Wildman–Crippen LogP) is 4.50. The van der Waals surface area contributed by atoms with Gasteiger partial charge < -0.3 is 14.4 Å². The lowest BCUT2D eigenvalue weighted by Crippen LogP contribution is -2.29. The number of carbonyl (C=O) groups excluding carboxylic acids is 1. The van der Waals surface area contributed by atoms with Gasteiger partial charge in [-0.3, -0.25) is 4.79 Å². The Hall–Kier alpha value is -3.43. The molecule has 3 heterocycles. The van der Waals surface area contributed by atoms with E-state index >= 15 is 0 Å². The predicted molar refractivity (Wildman–Crippen MR) is 98.2 cm³/mol. The third kappa shape index (κ3) is 4.58. The minimum Gasteiger partial charge on any atom is -0.439 e. The van der Waals surface area contributed by atoms with E-state index in [1.54, 1.807) is 30.3 Å². The van der Waals surface area contributed by atoms with Crippen molar-refractivity contribution in [3.05, 3.63) is 54.4 Å². The van der Waals surface area contributed by atoms with Crippen molar-refractivity contribution in [1.29, 1.82) is 0 Å². The van der Waals surface area contributed by atoms with E-state index in [2.05, 4.69) is 14.7 Å². The van der Waals surface area contributed by atoms with Gasteiger partial charge in [-0.05, 0) is 36.8 Å². The number of nitrogens with zero attached hydrogens (tertiary/aromatic N) is 3. The summed E-state index contributed by atoms with van der Waals surface area (Å²) in [6.07, 6.45) is -4.56. The van der Waals surface area contributed by atoms with Gasteiger partial charge in [0.2, 0.25) is 5.88 Å². The van der Waals surface area contributed by atoms with E-state index in [0.29, 0.717) is 29.6 Å². The van der Waals surface area contributed by atoms with Gasteiger partial charge in [0.05, 0.1) is 18.3 Å². The number of hydrogen-bond donors (Lipinski definition) is 0. The molecule has 0 bridgehead atoms. The first-order chi connectivity index (χ1) is 14.3. The van der Waals surface area contributed by atoms with E-state index in [9.17, 15) is 22.4 Å². The molecule has 4 rings (SSSR count). The zero-order chi connectivity index (χ0) is 21.3. The van der Waals surface area contributed by atoms with Crippen molar-refractivity contribution in [1.82, 2.24) is 14.9 Å². The van der Waals surface area contributed by atoms with Crippen LogP contribution in [0, 0.1) is 0 Å². The first-order valence-electron chi connectivity index (χ1n) is 9.01. The van der Waals surface area contributed by atoms with E-state index in [1.165, 1.54) is 11.0 Å². The summed E-state index contributed by atoms with van der Waals surface area (Å²) in [5.74, 6) is -0.298. The van der Waals surface area contributed by atoms with Crippen molar-refractivity contribution in [3.63, 3.8) is 0 Å². The van der Waals surface area contributed by atoms with Crippen LogP contribution in [0.25, 0.3) is 10.9 Å². The summed E-state index contributed by atoms with van der Waals surface area (Å²) in [5.41, 5.74) is 0.776. The third-order valence-corrected chi connectivity index (χ3v) is 4.46. The number of alkyl halides is 4. The lowest BCUT2D eigenvalue weighted by atomic mass is 10.2. The van der Waals surface area contributed by atoms with Gasteiger partial charge in [-0.15, -0.1) is 13.2 Å². The van der Waals surface area contributed by atoms with Gasteiger partial charge in [-0.1, -0.05) is 6.07 Å². The zero-order valence-corrected chi connectivity index (χ0v) is 15.4. The summed E-state index contributed by atoms with van der Waals surface area (Å²) < 4.78 is 59.2. The van der Waals surface area contributed by atoms with Gasteiger partial charge in [-0.25, -0.2) is 14.4 Å². The van der Waals surface area contributed by atoms with Gasteiger partial charge in [0.25, 0.3) is 5.91 Å². The fourth-order valence-electron chi connectivity index (χ4n) is 3.09. The molecule has 1 aromatic carbocycles. The summed E-state index contributed by atoms with van der Waals surface area (Å²) in [7, 11) is 0. The quantitative estimate of drug-likeness (QED) is 0.581. The number of halogens is 4. The van der Waals surface area contributed by atoms with Crippen LogP contribution in [0.4, 0.5) is 17.6 Å². The highest BCUT2D eigenvalue weighted by Gasteiger charge is 2.31. The topological polar surface area (TPSA) is 64.5 Å². The van der Waals surface area contributed by atoms with Crippen molar-refractivity contribution in [2.24, 2.45) is 0 Å². The summed E-state index contributed by atoms with van der Waals surface area (Å²) in [6.45, 7) is 0.442. The van der Waals surface area contributed by atoms with Gasteiger partial charge >= 0.3 is 6.36 Å². The Bertz CT molecular complexity index is 1070. The van der Waals surface area contributed by atoms with E-state index in [1.807, 2.05) is 0 Å². The summed E-state index contributed by atoms with van der Waals surface area (Å²) in [5, 5.41) is 0.686.